The summed E-state index contributed by atoms with van der Waals surface area (Å²) in [6, 6.07) is 7.19. The predicted octanol–water partition coefficient (Wildman–Crippen LogP) is 2.43. The minimum Gasteiger partial charge on any atom is -0.326 e. The van der Waals surface area contributed by atoms with Crippen molar-refractivity contribution in [1.29, 1.82) is 0 Å². The highest BCUT2D eigenvalue weighted by molar-refractivity contribution is 8.07. The fourth-order valence-electron chi connectivity index (χ4n) is 1.74. The van der Waals surface area contributed by atoms with Gasteiger partial charge in [0.05, 0.1) is 5.25 Å². The smallest absolute Gasteiger partial charge is 0.238 e. The summed E-state index contributed by atoms with van der Waals surface area (Å²) >= 11 is 3.52. The van der Waals surface area contributed by atoms with Crippen molar-refractivity contribution < 1.29 is 9.59 Å². The van der Waals surface area contributed by atoms with Gasteiger partial charge in [-0.05, 0) is 18.2 Å². The summed E-state index contributed by atoms with van der Waals surface area (Å²) in [4.78, 5) is 23.1. The van der Waals surface area contributed by atoms with E-state index in [0.717, 1.165) is 17.3 Å². The van der Waals surface area contributed by atoms with E-state index in [1.807, 2.05) is 23.9 Å². The molecule has 0 spiro atoms. The molecule has 0 aromatic heterocycles. The molecule has 1 atom stereocenters. The molecule has 1 aromatic rings. The average molecular weight is 296 g/mol. The summed E-state index contributed by atoms with van der Waals surface area (Å²) in [5.41, 5.74) is 1.41. The Morgan fingerprint density at radius 3 is 2.58 bits per heavy atom. The Kier molecular flexibility index (Phi) is 5.15. The van der Waals surface area contributed by atoms with E-state index in [1.54, 1.807) is 23.9 Å². The van der Waals surface area contributed by atoms with E-state index in [0.29, 0.717) is 11.4 Å². The lowest BCUT2D eigenvalue weighted by atomic mass is 10.2. The van der Waals surface area contributed by atoms with E-state index in [9.17, 15) is 9.59 Å². The van der Waals surface area contributed by atoms with Crippen molar-refractivity contribution in [2.75, 3.05) is 27.9 Å². The van der Waals surface area contributed by atoms with Crippen LogP contribution in [0.5, 0.6) is 0 Å². The molecule has 102 valence electrons. The van der Waals surface area contributed by atoms with Crippen molar-refractivity contribution in [2.45, 2.75) is 12.2 Å². The van der Waals surface area contributed by atoms with Crippen molar-refractivity contribution in [3.05, 3.63) is 24.3 Å². The topological polar surface area (TPSA) is 58.2 Å². The number of anilines is 2. The van der Waals surface area contributed by atoms with Crippen LogP contribution < -0.4 is 10.6 Å². The molecule has 0 bridgehead atoms. The van der Waals surface area contributed by atoms with Crippen molar-refractivity contribution in [2.24, 2.45) is 0 Å². The number of hydrogen-bond donors (Lipinski definition) is 2. The van der Waals surface area contributed by atoms with Gasteiger partial charge in [0.1, 0.15) is 0 Å². The molecule has 0 saturated carbocycles. The van der Waals surface area contributed by atoms with Crippen LogP contribution in [0.3, 0.4) is 0 Å². The maximum Gasteiger partial charge on any atom is 0.238 e. The summed E-state index contributed by atoms with van der Waals surface area (Å²) in [5, 5.41) is 5.62. The highest BCUT2D eigenvalue weighted by atomic mass is 32.2. The molecule has 6 heteroatoms. The fourth-order valence-corrected chi connectivity index (χ4v) is 4.30. The second-order valence-corrected chi connectivity index (χ2v) is 6.65. The number of amides is 2. The van der Waals surface area contributed by atoms with Crippen LogP contribution in [0.25, 0.3) is 0 Å². The van der Waals surface area contributed by atoms with Gasteiger partial charge in [0.15, 0.2) is 0 Å². The van der Waals surface area contributed by atoms with Gasteiger partial charge in [-0.1, -0.05) is 6.07 Å². The lowest BCUT2D eigenvalue weighted by Crippen LogP contribution is -2.30. The first kappa shape index (κ1) is 14.3. The highest BCUT2D eigenvalue weighted by Gasteiger charge is 2.22. The number of rotatable bonds is 3. The molecule has 2 amide bonds. The molecule has 1 fully saturated rings. The number of benzene rings is 1. The SMILES string of the molecule is CC(=O)Nc1cccc(NC(=O)C2CSCCS2)c1. The molecule has 1 saturated heterocycles. The van der Waals surface area contributed by atoms with Gasteiger partial charge >= 0.3 is 0 Å². The Morgan fingerprint density at radius 2 is 1.95 bits per heavy atom. The van der Waals surface area contributed by atoms with Crippen LogP contribution in [0.4, 0.5) is 11.4 Å². The molecular formula is C13H16N2O2S2. The Labute approximate surface area is 121 Å². The molecule has 0 aliphatic carbocycles. The third kappa shape index (κ3) is 4.47. The Morgan fingerprint density at radius 1 is 1.21 bits per heavy atom. The molecule has 1 aromatic carbocycles. The number of nitrogens with one attached hydrogen (secondary N) is 2. The van der Waals surface area contributed by atoms with Crippen LogP contribution in [-0.4, -0.2) is 34.3 Å². The molecule has 1 heterocycles. The second kappa shape index (κ2) is 6.86. The van der Waals surface area contributed by atoms with Gasteiger partial charge in [0, 0.05) is 35.6 Å². The van der Waals surface area contributed by atoms with E-state index in [1.165, 1.54) is 6.92 Å². The lowest BCUT2D eigenvalue weighted by Gasteiger charge is -2.20. The summed E-state index contributed by atoms with van der Waals surface area (Å²) in [5.74, 6) is 2.92. The zero-order chi connectivity index (χ0) is 13.7. The lowest BCUT2D eigenvalue weighted by molar-refractivity contribution is -0.115. The van der Waals surface area contributed by atoms with Crippen molar-refractivity contribution in [1.82, 2.24) is 0 Å². The zero-order valence-corrected chi connectivity index (χ0v) is 12.3. The van der Waals surface area contributed by atoms with Crippen LogP contribution >= 0.6 is 23.5 Å². The molecule has 1 aliphatic rings. The monoisotopic (exact) mass is 296 g/mol. The molecule has 19 heavy (non-hydrogen) atoms. The zero-order valence-electron chi connectivity index (χ0n) is 10.6. The van der Waals surface area contributed by atoms with Crippen LogP contribution in [0.15, 0.2) is 24.3 Å². The van der Waals surface area contributed by atoms with Crippen molar-refractivity contribution in [3.63, 3.8) is 0 Å². The largest absolute Gasteiger partial charge is 0.326 e. The van der Waals surface area contributed by atoms with E-state index in [2.05, 4.69) is 10.6 Å². The molecule has 0 radical (unpaired) electrons. The second-order valence-electron chi connectivity index (χ2n) is 4.19. The summed E-state index contributed by atoms with van der Waals surface area (Å²) in [6.07, 6.45) is 0. The van der Waals surface area contributed by atoms with Crippen LogP contribution in [0.1, 0.15) is 6.92 Å². The average Bonchev–Trinajstić information content (AvgIpc) is 2.39. The molecule has 4 nitrogen and oxygen atoms in total. The van der Waals surface area contributed by atoms with Gasteiger partial charge in [-0.3, -0.25) is 9.59 Å². The first-order valence-corrected chi connectivity index (χ1v) is 8.23. The Hall–Kier alpha value is -1.14. The molecule has 2 rings (SSSR count). The number of thioether (sulfide) groups is 2. The normalized spacial score (nSPS) is 18.7. The summed E-state index contributed by atoms with van der Waals surface area (Å²) in [6.45, 7) is 1.46. The van der Waals surface area contributed by atoms with Crippen LogP contribution in [-0.2, 0) is 9.59 Å². The van der Waals surface area contributed by atoms with Gasteiger partial charge in [-0.25, -0.2) is 0 Å². The quantitative estimate of drug-likeness (QED) is 0.899. The number of hydrogen-bond acceptors (Lipinski definition) is 4. The summed E-state index contributed by atoms with van der Waals surface area (Å²) in [7, 11) is 0. The fraction of sp³-hybridized carbons (Fsp3) is 0.385. The van der Waals surface area contributed by atoms with Crippen LogP contribution in [0.2, 0.25) is 0 Å². The first-order chi connectivity index (χ1) is 9.15. The number of carbonyl (C=O) groups is 2. The first-order valence-electron chi connectivity index (χ1n) is 6.03. The van der Waals surface area contributed by atoms with Gasteiger partial charge in [0.2, 0.25) is 11.8 Å². The predicted molar refractivity (Wildman–Crippen MR) is 82.9 cm³/mol. The van der Waals surface area contributed by atoms with Gasteiger partial charge in [-0.15, -0.1) is 11.8 Å². The third-order valence-corrected chi connectivity index (χ3v) is 5.31. The molecule has 2 N–H and O–H groups in total. The van der Waals surface area contributed by atoms with E-state index >= 15 is 0 Å². The summed E-state index contributed by atoms with van der Waals surface area (Å²) < 4.78 is 0. The van der Waals surface area contributed by atoms with Gasteiger partial charge in [-0.2, -0.15) is 11.8 Å². The highest BCUT2D eigenvalue weighted by Crippen LogP contribution is 2.25. The molecule has 1 unspecified atom stereocenters. The third-order valence-electron chi connectivity index (χ3n) is 2.56. The minimum absolute atomic E-state index is 0.0168. The number of carbonyl (C=O) groups excluding carboxylic acids is 2. The Balaban J connectivity index is 1.97. The van der Waals surface area contributed by atoms with Crippen molar-refractivity contribution >= 4 is 46.7 Å². The van der Waals surface area contributed by atoms with E-state index < -0.39 is 0 Å². The van der Waals surface area contributed by atoms with E-state index in [4.69, 9.17) is 0 Å². The molecule has 1 aliphatic heterocycles. The van der Waals surface area contributed by atoms with Gasteiger partial charge in [0.25, 0.3) is 0 Å². The van der Waals surface area contributed by atoms with Crippen molar-refractivity contribution in [3.8, 4) is 0 Å². The standard InChI is InChI=1S/C13H16N2O2S2/c1-9(16)14-10-3-2-4-11(7-10)15-13(17)12-8-18-5-6-19-12/h2-4,7,12H,5-6,8H2,1H3,(H,14,16)(H,15,17). The minimum atomic E-state index is -0.122. The maximum atomic E-state index is 12.1. The maximum absolute atomic E-state index is 12.1. The van der Waals surface area contributed by atoms with Gasteiger partial charge < -0.3 is 10.6 Å². The van der Waals surface area contributed by atoms with Crippen LogP contribution in [0, 0.1) is 0 Å². The van der Waals surface area contributed by atoms with E-state index in [-0.39, 0.29) is 17.1 Å². The Bertz CT molecular complexity index is 473. The molecular weight excluding hydrogens is 280 g/mol.